The van der Waals surface area contributed by atoms with E-state index in [0.717, 1.165) is 12.0 Å². The van der Waals surface area contributed by atoms with E-state index in [0.29, 0.717) is 59.5 Å². The SMILES string of the molecule is CCCC(=Cc1cc(OC)c2c(c1)OCCO2)C(=O)c1ccc(N)c(OC)c1. The number of ether oxygens (including phenoxy) is 4. The van der Waals surface area contributed by atoms with Gasteiger partial charge in [-0.2, -0.15) is 0 Å². The standard InChI is InChI=1S/C22H25NO5/c1-4-5-15(21(24)16-6-7-17(23)18(13-16)25-2)10-14-11-19(26-3)22-20(12-14)27-8-9-28-22/h6-7,10-13H,4-5,8-9,23H2,1-3H3. The zero-order chi connectivity index (χ0) is 20.1. The van der Waals surface area contributed by atoms with Crippen molar-refractivity contribution in [1.29, 1.82) is 0 Å². The first-order valence-corrected chi connectivity index (χ1v) is 9.23. The number of allylic oxidation sites excluding steroid dienone is 1. The molecule has 1 heterocycles. The number of rotatable bonds is 7. The van der Waals surface area contributed by atoms with E-state index < -0.39 is 0 Å². The third kappa shape index (κ3) is 4.06. The van der Waals surface area contributed by atoms with Crippen LogP contribution >= 0.6 is 0 Å². The number of hydrogen-bond donors (Lipinski definition) is 1. The molecule has 6 nitrogen and oxygen atoms in total. The van der Waals surface area contributed by atoms with Crippen molar-refractivity contribution in [1.82, 2.24) is 0 Å². The lowest BCUT2D eigenvalue weighted by atomic mass is 9.96. The molecule has 6 heteroatoms. The minimum atomic E-state index is -0.0611. The molecule has 148 valence electrons. The van der Waals surface area contributed by atoms with Gasteiger partial charge in [0.05, 0.1) is 19.9 Å². The molecule has 0 fully saturated rings. The van der Waals surface area contributed by atoms with Crippen molar-refractivity contribution in [2.45, 2.75) is 19.8 Å². The van der Waals surface area contributed by atoms with Crippen LogP contribution in [-0.4, -0.2) is 33.2 Å². The maximum Gasteiger partial charge on any atom is 0.203 e. The van der Waals surface area contributed by atoms with Gasteiger partial charge in [-0.15, -0.1) is 0 Å². The summed E-state index contributed by atoms with van der Waals surface area (Å²) in [5.74, 6) is 2.23. The summed E-state index contributed by atoms with van der Waals surface area (Å²) in [6.45, 7) is 3.00. The molecule has 0 spiro atoms. The molecule has 28 heavy (non-hydrogen) atoms. The summed E-state index contributed by atoms with van der Waals surface area (Å²) in [6, 6.07) is 8.78. The number of anilines is 1. The highest BCUT2D eigenvalue weighted by Gasteiger charge is 2.19. The highest BCUT2D eigenvalue weighted by atomic mass is 16.6. The normalized spacial score (nSPS) is 13.2. The van der Waals surface area contributed by atoms with Crippen LogP contribution in [0.5, 0.6) is 23.0 Å². The van der Waals surface area contributed by atoms with E-state index in [9.17, 15) is 4.79 Å². The van der Waals surface area contributed by atoms with Crippen molar-refractivity contribution in [3.05, 3.63) is 47.0 Å². The molecule has 0 aromatic heterocycles. The van der Waals surface area contributed by atoms with Crippen molar-refractivity contribution in [2.24, 2.45) is 0 Å². The zero-order valence-corrected chi connectivity index (χ0v) is 16.4. The number of benzene rings is 2. The van der Waals surface area contributed by atoms with Crippen molar-refractivity contribution < 1.29 is 23.7 Å². The summed E-state index contributed by atoms with van der Waals surface area (Å²) in [6.07, 6.45) is 3.35. The van der Waals surface area contributed by atoms with Gasteiger partial charge in [0.25, 0.3) is 0 Å². The Hall–Kier alpha value is -3.15. The first kappa shape index (κ1) is 19.6. The van der Waals surface area contributed by atoms with Gasteiger partial charge in [-0.25, -0.2) is 0 Å². The Bertz CT molecular complexity index is 887. The van der Waals surface area contributed by atoms with Crippen LogP contribution in [0.1, 0.15) is 35.7 Å². The van der Waals surface area contributed by atoms with Gasteiger partial charge < -0.3 is 24.7 Å². The first-order chi connectivity index (χ1) is 13.6. The molecule has 2 aromatic rings. The number of nitrogen functional groups attached to an aromatic ring is 1. The molecule has 1 aliphatic rings. The number of carbonyl (C=O) groups excluding carboxylic acids is 1. The maximum atomic E-state index is 13.1. The molecule has 2 aromatic carbocycles. The van der Waals surface area contributed by atoms with Crippen molar-refractivity contribution in [3.8, 4) is 23.0 Å². The minimum Gasteiger partial charge on any atom is -0.495 e. The topological polar surface area (TPSA) is 80.0 Å². The van der Waals surface area contributed by atoms with Crippen LogP contribution in [0.2, 0.25) is 0 Å². The molecule has 0 amide bonds. The van der Waals surface area contributed by atoms with Gasteiger partial charge >= 0.3 is 0 Å². The van der Waals surface area contributed by atoms with Gasteiger partial charge in [0.1, 0.15) is 19.0 Å². The fourth-order valence-electron chi connectivity index (χ4n) is 3.14. The predicted octanol–water partition coefficient (Wildman–Crippen LogP) is 4.12. The van der Waals surface area contributed by atoms with Crippen molar-refractivity contribution >= 4 is 17.5 Å². The van der Waals surface area contributed by atoms with Crippen molar-refractivity contribution in [3.63, 3.8) is 0 Å². The monoisotopic (exact) mass is 383 g/mol. The van der Waals surface area contributed by atoms with Crippen molar-refractivity contribution in [2.75, 3.05) is 33.2 Å². The molecule has 0 unspecified atom stereocenters. The number of methoxy groups -OCH3 is 2. The molecule has 0 bridgehead atoms. The largest absolute Gasteiger partial charge is 0.495 e. The molecule has 1 aliphatic heterocycles. The van der Waals surface area contributed by atoms with E-state index in [-0.39, 0.29) is 5.78 Å². The summed E-state index contributed by atoms with van der Waals surface area (Å²) in [4.78, 5) is 13.1. The number of ketones is 1. The van der Waals surface area contributed by atoms with Crippen LogP contribution in [0.3, 0.4) is 0 Å². The fourth-order valence-corrected chi connectivity index (χ4v) is 3.14. The summed E-state index contributed by atoms with van der Waals surface area (Å²) in [5, 5.41) is 0. The van der Waals surface area contributed by atoms with Gasteiger partial charge in [0.2, 0.25) is 5.75 Å². The zero-order valence-electron chi connectivity index (χ0n) is 16.4. The third-order valence-electron chi connectivity index (χ3n) is 4.50. The van der Waals surface area contributed by atoms with Gasteiger partial charge in [-0.05, 0) is 48.4 Å². The Morgan fingerprint density at radius 3 is 2.57 bits per heavy atom. The van der Waals surface area contributed by atoms with E-state index in [4.69, 9.17) is 24.7 Å². The molecule has 0 radical (unpaired) electrons. The van der Waals surface area contributed by atoms with Crippen LogP contribution in [0.25, 0.3) is 6.08 Å². The molecule has 3 rings (SSSR count). The van der Waals surface area contributed by atoms with Crippen LogP contribution in [-0.2, 0) is 0 Å². The lowest BCUT2D eigenvalue weighted by Crippen LogP contribution is -2.16. The summed E-state index contributed by atoms with van der Waals surface area (Å²) < 4.78 is 22.0. The Labute approximate surface area is 164 Å². The molecule has 0 atom stereocenters. The quantitative estimate of drug-likeness (QED) is 0.440. The predicted molar refractivity (Wildman–Crippen MR) is 109 cm³/mol. The second-order valence-corrected chi connectivity index (χ2v) is 6.45. The Morgan fingerprint density at radius 1 is 1.11 bits per heavy atom. The van der Waals surface area contributed by atoms with Crippen LogP contribution in [0.4, 0.5) is 5.69 Å². The summed E-state index contributed by atoms with van der Waals surface area (Å²) in [7, 11) is 3.12. The second-order valence-electron chi connectivity index (χ2n) is 6.45. The van der Waals surface area contributed by atoms with Crippen LogP contribution < -0.4 is 24.7 Å². The Balaban J connectivity index is 2.00. The minimum absolute atomic E-state index is 0.0611. The summed E-state index contributed by atoms with van der Waals surface area (Å²) >= 11 is 0. The molecular weight excluding hydrogens is 358 g/mol. The van der Waals surface area contributed by atoms with Gasteiger partial charge in [-0.3, -0.25) is 4.79 Å². The number of nitrogens with two attached hydrogens (primary N) is 1. The highest BCUT2D eigenvalue weighted by molar-refractivity contribution is 6.11. The molecular formula is C22H25NO5. The van der Waals surface area contributed by atoms with Crippen LogP contribution in [0, 0.1) is 0 Å². The number of carbonyl (C=O) groups is 1. The lowest BCUT2D eigenvalue weighted by molar-refractivity contribution is 0.103. The average molecular weight is 383 g/mol. The van der Waals surface area contributed by atoms with E-state index in [1.807, 2.05) is 25.1 Å². The van der Waals surface area contributed by atoms with E-state index in [1.165, 1.54) is 7.11 Å². The third-order valence-corrected chi connectivity index (χ3v) is 4.50. The summed E-state index contributed by atoms with van der Waals surface area (Å²) in [5.41, 5.74) is 8.41. The lowest BCUT2D eigenvalue weighted by Gasteiger charge is -2.21. The molecule has 2 N–H and O–H groups in total. The van der Waals surface area contributed by atoms with E-state index in [2.05, 4.69) is 0 Å². The van der Waals surface area contributed by atoms with Gasteiger partial charge in [-0.1, -0.05) is 13.3 Å². The Kier molecular flexibility index (Phi) is 6.09. The van der Waals surface area contributed by atoms with Gasteiger partial charge in [0, 0.05) is 11.1 Å². The smallest absolute Gasteiger partial charge is 0.203 e. The van der Waals surface area contributed by atoms with Gasteiger partial charge in [0.15, 0.2) is 17.3 Å². The number of fused-ring (bicyclic) bond motifs is 1. The van der Waals surface area contributed by atoms with Crippen LogP contribution in [0.15, 0.2) is 35.9 Å². The maximum absolute atomic E-state index is 13.1. The number of hydrogen-bond acceptors (Lipinski definition) is 6. The second kappa shape index (κ2) is 8.69. The van der Waals surface area contributed by atoms with E-state index in [1.54, 1.807) is 25.3 Å². The average Bonchev–Trinajstić information content (AvgIpc) is 2.72. The Morgan fingerprint density at radius 2 is 1.86 bits per heavy atom. The molecule has 0 saturated heterocycles. The molecule has 0 saturated carbocycles. The molecule has 0 aliphatic carbocycles. The number of Topliss-reactive ketones (excluding diaryl/α,β-unsaturated/α-hetero) is 1. The fraction of sp³-hybridized carbons (Fsp3) is 0.318. The highest BCUT2D eigenvalue weighted by Crippen LogP contribution is 2.41. The first-order valence-electron chi connectivity index (χ1n) is 9.23. The van der Waals surface area contributed by atoms with E-state index >= 15 is 0 Å².